The van der Waals surface area contributed by atoms with Crippen LogP contribution >= 0.6 is 0 Å². The molecule has 4 heterocycles. The SMILES string of the molecule is Cc1cc(-c2cnco2)cc(-c2nn(-c3cc(N4CCC(=O)C4)ccc3C(F)(F)F)c(=O)c3c2CCC(C)N3)c1. The van der Waals surface area contributed by atoms with Gasteiger partial charge in [0, 0.05) is 41.4 Å². The average molecular weight is 550 g/mol. The van der Waals surface area contributed by atoms with Crippen LogP contribution in [0.25, 0.3) is 28.3 Å². The van der Waals surface area contributed by atoms with E-state index in [0.717, 1.165) is 28.3 Å². The van der Waals surface area contributed by atoms with Crippen molar-refractivity contribution in [3.63, 3.8) is 0 Å². The maximum atomic E-state index is 14.3. The zero-order chi connectivity index (χ0) is 28.2. The first-order valence-corrected chi connectivity index (χ1v) is 13.0. The first-order valence-electron chi connectivity index (χ1n) is 13.0. The highest BCUT2D eigenvalue weighted by Gasteiger charge is 2.36. The number of nitrogens with one attached hydrogen (secondary N) is 1. The van der Waals surface area contributed by atoms with Gasteiger partial charge in [-0.1, -0.05) is 0 Å². The zero-order valence-electron chi connectivity index (χ0n) is 21.9. The summed E-state index contributed by atoms with van der Waals surface area (Å²) in [6.45, 7) is 4.33. The van der Waals surface area contributed by atoms with Crippen LogP contribution in [-0.2, 0) is 17.4 Å². The number of oxazole rings is 1. The minimum atomic E-state index is -4.74. The average Bonchev–Trinajstić information content (AvgIpc) is 3.60. The number of benzene rings is 2. The smallest absolute Gasteiger partial charge is 0.418 e. The molecular weight excluding hydrogens is 523 g/mol. The number of nitrogens with zero attached hydrogens (tertiary/aromatic N) is 4. The maximum Gasteiger partial charge on any atom is 0.418 e. The monoisotopic (exact) mass is 549 g/mol. The normalized spacial score (nSPS) is 17.2. The lowest BCUT2D eigenvalue weighted by molar-refractivity contribution is -0.137. The topological polar surface area (TPSA) is 93.3 Å². The summed E-state index contributed by atoms with van der Waals surface area (Å²) in [6.07, 6.45) is -0.248. The third-order valence-corrected chi connectivity index (χ3v) is 7.39. The lowest BCUT2D eigenvalue weighted by atomic mass is 9.93. The third kappa shape index (κ3) is 4.65. The van der Waals surface area contributed by atoms with Crippen molar-refractivity contribution in [2.75, 3.05) is 23.3 Å². The number of aromatic nitrogens is 3. The van der Waals surface area contributed by atoms with Gasteiger partial charge in [0.25, 0.3) is 5.56 Å². The molecule has 0 spiro atoms. The van der Waals surface area contributed by atoms with Crippen LogP contribution in [0.3, 0.4) is 0 Å². The van der Waals surface area contributed by atoms with Crippen LogP contribution in [0.15, 0.2) is 58.2 Å². The number of rotatable bonds is 4. The molecule has 0 aliphatic carbocycles. The van der Waals surface area contributed by atoms with Crippen LogP contribution in [0, 0.1) is 6.92 Å². The predicted octanol–water partition coefficient (Wildman–Crippen LogP) is 5.41. The first-order chi connectivity index (χ1) is 19.1. The molecule has 1 N–H and O–H groups in total. The van der Waals surface area contributed by atoms with E-state index < -0.39 is 17.3 Å². The van der Waals surface area contributed by atoms with Gasteiger partial charge in [0.15, 0.2) is 17.9 Å². The van der Waals surface area contributed by atoms with Crippen molar-refractivity contribution in [2.24, 2.45) is 0 Å². The summed E-state index contributed by atoms with van der Waals surface area (Å²) in [6, 6.07) is 9.16. The Morgan fingerprint density at radius 2 is 1.88 bits per heavy atom. The van der Waals surface area contributed by atoms with Crippen molar-refractivity contribution in [2.45, 2.75) is 45.3 Å². The van der Waals surface area contributed by atoms with Gasteiger partial charge in [-0.15, -0.1) is 0 Å². The van der Waals surface area contributed by atoms with Crippen molar-refractivity contribution in [1.29, 1.82) is 0 Å². The Morgan fingerprint density at radius 3 is 2.58 bits per heavy atom. The van der Waals surface area contributed by atoms with Crippen LogP contribution < -0.4 is 15.8 Å². The van der Waals surface area contributed by atoms with Gasteiger partial charge in [0.1, 0.15) is 5.69 Å². The summed E-state index contributed by atoms with van der Waals surface area (Å²) in [4.78, 5) is 31.4. The number of alkyl halides is 3. The van der Waals surface area contributed by atoms with E-state index in [2.05, 4.69) is 15.4 Å². The van der Waals surface area contributed by atoms with Crippen LogP contribution in [0.2, 0.25) is 0 Å². The van der Waals surface area contributed by atoms with Gasteiger partial charge in [0.05, 0.1) is 29.7 Å². The van der Waals surface area contributed by atoms with E-state index in [9.17, 15) is 22.8 Å². The predicted molar refractivity (Wildman–Crippen MR) is 144 cm³/mol. The van der Waals surface area contributed by atoms with E-state index in [1.807, 2.05) is 32.0 Å². The fourth-order valence-corrected chi connectivity index (χ4v) is 5.43. The number of Topliss-reactive ketones (excluding diaryl/α,β-unsaturated/α-hetero) is 1. The van der Waals surface area contributed by atoms with Crippen molar-refractivity contribution in [3.05, 3.63) is 76.0 Å². The number of carbonyl (C=O) groups excluding carboxylic acids is 1. The highest BCUT2D eigenvalue weighted by molar-refractivity contribution is 5.87. The van der Waals surface area contributed by atoms with E-state index >= 15 is 0 Å². The van der Waals surface area contributed by atoms with Gasteiger partial charge in [-0.3, -0.25) is 9.59 Å². The summed E-state index contributed by atoms with van der Waals surface area (Å²) in [5.41, 5.74) is 1.94. The van der Waals surface area contributed by atoms with E-state index in [1.165, 1.54) is 18.5 Å². The summed E-state index contributed by atoms with van der Waals surface area (Å²) in [5, 5.41) is 7.80. The summed E-state index contributed by atoms with van der Waals surface area (Å²) < 4.78 is 49.2. The van der Waals surface area contributed by atoms with Crippen LogP contribution in [0.5, 0.6) is 0 Å². The molecule has 2 aliphatic heterocycles. The van der Waals surface area contributed by atoms with Crippen molar-refractivity contribution < 1.29 is 22.4 Å². The number of halogens is 3. The van der Waals surface area contributed by atoms with E-state index in [-0.39, 0.29) is 29.7 Å². The van der Waals surface area contributed by atoms with Gasteiger partial charge >= 0.3 is 6.18 Å². The van der Waals surface area contributed by atoms with Gasteiger partial charge in [0.2, 0.25) is 0 Å². The molecule has 11 heteroatoms. The Morgan fingerprint density at radius 1 is 1.07 bits per heavy atom. The molecule has 1 fully saturated rings. The molecule has 8 nitrogen and oxygen atoms in total. The summed E-state index contributed by atoms with van der Waals surface area (Å²) in [5.74, 6) is 0.541. The molecule has 6 rings (SSSR count). The van der Waals surface area contributed by atoms with Gasteiger partial charge in [-0.05, 0) is 68.7 Å². The Kier molecular flexibility index (Phi) is 6.24. The van der Waals surface area contributed by atoms with Crippen molar-refractivity contribution in [3.8, 4) is 28.3 Å². The number of hydrogen-bond donors (Lipinski definition) is 1. The van der Waals surface area contributed by atoms with E-state index in [4.69, 9.17) is 4.42 Å². The number of ketones is 1. The maximum absolute atomic E-state index is 14.3. The quantitative estimate of drug-likeness (QED) is 0.364. The third-order valence-electron chi connectivity index (χ3n) is 7.39. The molecule has 2 aliphatic rings. The van der Waals surface area contributed by atoms with Gasteiger partial charge in [-0.25, -0.2) is 4.98 Å². The fraction of sp³-hybridized carbons (Fsp3) is 0.310. The molecule has 1 unspecified atom stereocenters. The molecule has 2 aromatic carbocycles. The van der Waals surface area contributed by atoms with Gasteiger partial charge < -0.3 is 14.6 Å². The van der Waals surface area contributed by atoms with Crippen LogP contribution in [0.4, 0.5) is 24.5 Å². The Balaban J connectivity index is 1.60. The van der Waals surface area contributed by atoms with Gasteiger partial charge in [-0.2, -0.15) is 23.0 Å². The molecule has 1 atom stereocenters. The molecule has 0 bridgehead atoms. The van der Waals surface area contributed by atoms with E-state index in [1.54, 1.807) is 11.1 Å². The summed E-state index contributed by atoms with van der Waals surface area (Å²) in [7, 11) is 0. The molecule has 206 valence electrons. The minimum Gasteiger partial charge on any atom is -0.444 e. The largest absolute Gasteiger partial charge is 0.444 e. The molecule has 0 amide bonds. The molecule has 1 saturated heterocycles. The highest BCUT2D eigenvalue weighted by atomic mass is 19.4. The van der Waals surface area contributed by atoms with Crippen LogP contribution in [0.1, 0.15) is 36.5 Å². The molecule has 0 radical (unpaired) electrons. The Hall–Kier alpha value is -4.41. The van der Waals surface area contributed by atoms with Crippen molar-refractivity contribution >= 4 is 17.2 Å². The van der Waals surface area contributed by atoms with E-state index in [0.29, 0.717) is 47.7 Å². The standard InChI is InChI=1S/C29H26F3N5O3/c1-16-9-18(25-13-33-15-40-25)11-19(10-16)26-22-5-3-17(2)34-27(22)28(39)37(35-26)24-12-20(36-8-7-21(38)14-36)4-6-23(24)29(30,31)32/h4,6,9-13,15,17,34H,3,5,7-8,14H2,1-2H3. The second-order valence-electron chi connectivity index (χ2n) is 10.4. The Bertz CT molecular complexity index is 1680. The number of aryl methyl sites for hydroxylation is 1. The van der Waals surface area contributed by atoms with Crippen LogP contribution in [-0.4, -0.2) is 39.7 Å². The molecule has 40 heavy (non-hydrogen) atoms. The lowest BCUT2D eigenvalue weighted by Crippen LogP contribution is -2.34. The first kappa shape index (κ1) is 25.8. The lowest BCUT2D eigenvalue weighted by Gasteiger charge is -2.27. The summed E-state index contributed by atoms with van der Waals surface area (Å²) >= 11 is 0. The number of anilines is 2. The highest BCUT2D eigenvalue weighted by Crippen LogP contribution is 2.38. The minimum absolute atomic E-state index is 0.00741. The Labute approximate surface area is 227 Å². The second-order valence-corrected chi connectivity index (χ2v) is 10.4. The molecule has 0 saturated carbocycles. The number of carbonyl (C=O) groups is 1. The molecule has 4 aromatic rings. The molecular formula is C29H26F3N5O3. The molecule has 2 aromatic heterocycles. The fourth-order valence-electron chi connectivity index (χ4n) is 5.43. The second kappa shape index (κ2) is 9.65. The number of hydrogen-bond acceptors (Lipinski definition) is 7. The number of fused-ring (bicyclic) bond motifs is 1. The van der Waals surface area contributed by atoms with Crippen molar-refractivity contribution in [1.82, 2.24) is 14.8 Å². The zero-order valence-corrected chi connectivity index (χ0v) is 21.9.